The molecule has 1 aromatic heterocycles. The second-order valence-corrected chi connectivity index (χ2v) is 5.41. The number of halogens is 2. The lowest BCUT2D eigenvalue weighted by molar-refractivity contribution is -0.123. The van der Waals surface area contributed by atoms with E-state index in [9.17, 15) is 14.7 Å². The molecule has 6 nitrogen and oxygen atoms in total. The van der Waals surface area contributed by atoms with Crippen LogP contribution < -0.4 is 5.32 Å². The van der Waals surface area contributed by atoms with Gasteiger partial charge in [-0.2, -0.15) is 0 Å². The van der Waals surface area contributed by atoms with E-state index in [1.165, 1.54) is 43.5 Å². The minimum atomic E-state index is -1.06. The van der Waals surface area contributed by atoms with Crippen LogP contribution in [0.4, 0.5) is 5.82 Å². The van der Waals surface area contributed by atoms with Crippen LogP contribution in [0.5, 0.6) is 5.75 Å². The number of ether oxygens (including phenoxy) is 1. The number of aromatic hydroxyl groups is 1. The van der Waals surface area contributed by atoms with Gasteiger partial charge in [-0.05, 0) is 37.3 Å². The normalized spacial score (nSPS) is 11.6. The summed E-state index contributed by atoms with van der Waals surface area (Å²) in [6.07, 6.45) is 0.265. The molecule has 2 rings (SSSR count). The number of aromatic nitrogens is 1. The Kier molecular flexibility index (Phi) is 5.41. The molecule has 2 aromatic rings. The van der Waals surface area contributed by atoms with Gasteiger partial charge in [0.15, 0.2) is 11.9 Å². The maximum Gasteiger partial charge on any atom is 0.338 e. The van der Waals surface area contributed by atoms with Crippen molar-refractivity contribution in [2.45, 2.75) is 13.0 Å². The monoisotopic (exact) mass is 354 g/mol. The molecule has 0 saturated carbocycles. The first-order chi connectivity index (χ1) is 10.9. The second-order valence-electron chi connectivity index (χ2n) is 4.57. The van der Waals surface area contributed by atoms with Crippen LogP contribution in [0.15, 0.2) is 36.5 Å². The Morgan fingerprint density at radius 3 is 2.52 bits per heavy atom. The zero-order valence-electron chi connectivity index (χ0n) is 11.9. The lowest BCUT2D eigenvalue weighted by Gasteiger charge is -2.13. The van der Waals surface area contributed by atoms with E-state index in [2.05, 4.69) is 10.3 Å². The molecule has 2 N–H and O–H groups in total. The number of phenolic OH excluding ortho intramolecular Hbond substituents is 1. The number of phenols is 1. The molecule has 1 aromatic carbocycles. The van der Waals surface area contributed by atoms with E-state index in [1.807, 2.05) is 0 Å². The summed E-state index contributed by atoms with van der Waals surface area (Å²) in [5, 5.41) is 12.1. The van der Waals surface area contributed by atoms with E-state index < -0.39 is 18.0 Å². The third-order valence-electron chi connectivity index (χ3n) is 2.81. The summed E-state index contributed by atoms with van der Waals surface area (Å²) in [7, 11) is 0. The molecule has 0 unspecified atom stereocenters. The smallest absolute Gasteiger partial charge is 0.338 e. The summed E-state index contributed by atoms with van der Waals surface area (Å²) >= 11 is 11.6. The van der Waals surface area contributed by atoms with E-state index in [0.29, 0.717) is 5.02 Å². The molecule has 0 bridgehead atoms. The molecule has 0 spiro atoms. The molecule has 0 aliphatic rings. The van der Waals surface area contributed by atoms with Crippen molar-refractivity contribution in [2.24, 2.45) is 0 Å². The van der Waals surface area contributed by atoms with Crippen molar-refractivity contribution in [2.75, 3.05) is 5.32 Å². The van der Waals surface area contributed by atoms with Gasteiger partial charge < -0.3 is 15.2 Å². The fraction of sp³-hybridized carbons (Fsp3) is 0.133. The van der Waals surface area contributed by atoms with E-state index in [-0.39, 0.29) is 22.2 Å². The molecule has 120 valence electrons. The fourth-order valence-electron chi connectivity index (χ4n) is 1.60. The number of hydrogen-bond donors (Lipinski definition) is 2. The summed E-state index contributed by atoms with van der Waals surface area (Å²) in [4.78, 5) is 27.8. The molecule has 1 heterocycles. The number of esters is 1. The number of amides is 1. The first kappa shape index (κ1) is 17.1. The van der Waals surface area contributed by atoms with Crippen LogP contribution >= 0.6 is 23.2 Å². The van der Waals surface area contributed by atoms with Gasteiger partial charge in [0.1, 0.15) is 5.75 Å². The van der Waals surface area contributed by atoms with Gasteiger partial charge in [0.25, 0.3) is 5.91 Å². The number of carbonyl (C=O) groups is 2. The maximum atomic E-state index is 12.0. The van der Waals surface area contributed by atoms with E-state index >= 15 is 0 Å². The molecule has 0 saturated heterocycles. The summed E-state index contributed by atoms with van der Waals surface area (Å²) in [5.74, 6) is -1.14. The van der Waals surface area contributed by atoms with Crippen LogP contribution in [0.1, 0.15) is 17.3 Å². The Morgan fingerprint density at radius 1 is 1.26 bits per heavy atom. The number of nitrogens with zero attached hydrogens (tertiary/aromatic N) is 1. The van der Waals surface area contributed by atoms with Crippen LogP contribution in [0.3, 0.4) is 0 Å². The molecular weight excluding hydrogens is 343 g/mol. The third kappa shape index (κ3) is 4.58. The number of rotatable bonds is 4. The van der Waals surface area contributed by atoms with E-state index in [1.54, 1.807) is 0 Å². The van der Waals surface area contributed by atoms with Crippen molar-refractivity contribution < 1.29 is 19.4 Å². The van der Waals surface area contributed by atoms with Gasteiger partial charge >= 0.3 is 5.97 Å². The summed E-state index contributed by atoms with van der Waals surface area (Å²) in [5.41, 5.74) is 0.213. The van der Waals surface area contributed by atoms with Gasteiger partial charge in [-0.25, -0.2) is 9.78 Å². The highest BCUT2D eigenvalue weighted by Gasteiger charge is 2.20. The molecule has 0 fully saturated rings. The average molecular weight is 355 g/mol. The Balaban J connectivity index is 1.99. The van der Waals surface area contributed by atoms with Crippen LogP contribution in [-0.2, 0) is 9.53 Å². The second kappa shape index (κ2) is 7.30. The summed E-state index contributed by atoms with van der Waals surface area (Å²) in [6.45, 7) is 1.41. The topological polar surface area (TPSA) is 88.5 Å². The first-order valence-corrected chi connectivity index (χ1v) is 7.24. The molecular formula is C15H12Cl2N2O4. The van der Waals surface area contributed by atoms with Gasteiger partial charge in [-0.3, -0.25) is 4.79 Å². The fourth-order valence-corrected chi connectivity index (χ4v) is 2.03. The largest absolute Gasteiger partial charge is 0.508 e. The Bertz CT molecular complexity index is 735. The number of carbonyl (C=O) groups excluding carboxylic acids is 2. The molecule has 23 heavy (non-hydrogen) atoms. The number of pyridine rings is 1. The standard InChI is InChI=1S/C15H12Cl2N2O4/c1-8(23-15(22)9-2-4-11(20)5-3-9)14(21)19-13-12(17)6-10(16)7-18-13/h2-8,20H,1H3,(H,18,19,21)/t8-/m0/s1. The molecule has 1 atom stereocenters. The third-order valence-corrected chi connectivity index (χ3v) is 3.30. The van der Waals surface area contributed by atoms with Crippen molar-refractivity contribution in [1.82, 2.24) is 4.98 Å². The highest BCUT2D eigenvalue weighted by atomic mass is 35.5. The number of hydrogen-bond acceptors (Lipinski definition) is 5. The van der Waals surface area contributed by atoms with Crippen LogP contribution in [0.25, 0.3) is 0 Å². The number of benzene rings is 1. The van der Waals surface area contributed by atoms with Gasteiger partial charge in [0.2, 0.25) is 0 Å². The maximum absolute atomic E-state index is 12.0. The molecule has 1 amide bonds. The minimum absolute atomic E-state index is 0.0239. The first-order valence-electron chi connectivity index (χ1n) is 6.48. The van der Waals surface area contributed by atoms with Crippen LogP contribution in [0, 0.1) is 0 Å². The Morgan fingerprint density at radius 2 is 1.91 bits per heavy atom. The molecule has 0 aliphatic carbocycles. The summed E-state index contributed by atoms with van der Waals surface area (Å²) < 4.78 is 5.04. The summed E-state index contributed by atoms with van der Waals surface area (Å²) in [6, 6.07) is 6.90. The van der Waals surface area contributed by atoms with Gasteiger partial charge in [0, 0.05) is 6.20 Å². The lowest BCUT2D eigenvalue weighted by Crippen LogP contribution is -2.30. The predicted molar refractivity (Wildman–Crippen MR) is 85.9 cm³/mol. The SMILES string of the molecule is C[C@H](OC(=O)c1ccc(O)cc1)C(=O)Nc1ncc(Cl)cc1Cl. The van der Waals surface area contributed by atoms with Crippen LogP contribution in [0.2, 0.25) is 10.0 Å². The van der Waals surface area contributed by atoms with Crippen molar-refractivity contribution in [1.29, 1.82) is 0 Å². The van der Waals surface area contributed by atoms with Crippen molar-refractivity contribution >= 4 is 40.9 Å². The number of nitrogens with one attached hydrogen (secondary N) is 1. The molecule has 0 aliphatic heterocycles. The van der Waals surface area contributed by atoms with E-state index in [4.69, 9.17) is 27.9 Å². The molecule has 8 heteroatoms. The van der Waals surface area contributed by atoms with Crippen molar-refractivity contribution in [3.63, 3.8) is 0 Å². The lowest BCUT2D eigenvalue weighted by atomic mass is 10.2. The number of anilines is 1. The zero-order valence-corrected chi connectivity index (χ0v) is 13.4. The average Bonchev–Trinajstić information content (AvgIpc) is 2.50. The minimum Gasteiger partial charge on any atom is -0.508 e. The van der Waals surface area contributed by atoms with Gasteiger partial charge in [0.05, 0.1) is 15.6 Å². The van der Waals surface area contributed by atoms with Crippen LogP contribution in [-0.4, -0.2) is 28.1 Å². The van der Waals surface area contributed by atoms with Gasteiger partial charge in [-0.15, -0.1) is 0 Å². The van der Waals surface area contributed by atoms with Crippen molar-refractivity contribution in [3.8, 4) is 5.75 Å². The molecule has 0 radical (unpaired) electrons. The quantitative estimate of drug-likeness (QED) is 0.822. The van der Waals surface area contributed by atoms with E-state index in [0.717, 1.165) is 0 Å². The van der Waals surface area contributed by atoms with Gasteiger partial charge in [-0.1, -0.05) is 23.2 Å². The van der Waals surface area contributed by atoms with Crippen molar-refractivity contribution in [3.05, 3.63) is 52.1 Å². The zero-order chi connectivity index (χ0) is 17.0. The highest BCUT2D eigenvalue weighted by molar-refractivity contribution is 6.36. The highest BCUT2D eigenvalue weighted by Crippen LogP contribution is 2.22. The Hall–Kier alpha value is -2.31. The Labute approximate surface area is 142 Å². The predicted octanol–water partition coefficient (Wildman–Crippen LogP) is 3.28.